The highest BCUT2D eigenvalue weighted by Crippen LogP contribution is 2.32. The van der Waals surface area contributed by atoms with Crippen LogP contribution in [0.15, 0.2) is 18.2 Å². The predicted molar refractivity (Wildman–Crippen MR) is 93.6 cm³/mol. The van der Waals surface area contributed by atoms with E-state index >= 15 is 0 Å². The number of nitrogens with zero attached hydrogens (tertiary/aromatic N) is 4. The van der Waals surface area contributed by atoms with Crippen molar-refractivity contribution in [3.8, 4) is 0 Å². The van der Waals surface area contributed by atoms with Gasteiger partial charge in [-0.25, -0.2) is 9.97 Å². The van der Waals surface area contributed by atoms with E-state index < -0.39 is 0 Å². The van der Waals surface area contributed by atoms with Gasteiger partial charge in [-0.1, -0.05) is 23.2 Å². The molecule has 7 heteroatoms. The van der Waals surface area contributed by atoms with Gasteiger partial charge in [0.1, 0.15) is 11.6 Å². The molecule has 0 radical (unpaired) electrons. The average Bonchev–Trinajstić information content (AvgIpc) is 2.91. The number of carbonyl (C=O) groups excluding carboxylic acids is 1. The maximum absolute atomic E-state index is 12.8. The van der Waals surface area contributed by atoms with Crippen LogP contribution in [0.5, 0.6) is 0 Å². The van der Waals surface area contributed by atoms with Crippen molar-refractivity contribution in [3.63, 3.8) is 0 Å². The van der Waals surface area contributed by atoms with Crippen LogP contribution in [-0.4, -0.2) is 33.9 Å². The van der Waals surface area contributed by atoms with E-state index in [0.717, 1.165) is 36.0 Å². The molecular weight excluding hydrogens is 347 g/mol. The van der Waals surface area contributed by atoms with Crippen LogP contribution in [0.3, 0.4) is 0 Å². The highest BCUT2D eigenvalue weighted by Gasteiger charge is 2.31. The summed E-state index contributed by atoms with van der Waals surface area (Å²) >= 11 is 12.0. The lowest BCUT2D eigenvalue weighted by atomic mass is 10.1. The van der Waals surface area contributed by atoms with Gasteiger partial charge >= 0.3 is 0 Å². The quantitative estimate of drug-likeness (QED) is 0.820. The number of benzene rings is 1. The Labute approximate surface area is 150 Å². The highest BCUT2D eigenvalue weighted by atomic mass is 35.5. The summed E-state index contributed by atoms with van der Waals surface area (Å²) < 4.78 is 0. The van der Waals surface area contributed by atoms with Crippen molar-refractivity contribution < 1.29 is 4.79 Å². The van der Waals surface area contributed by atoms with Crippen LogP contribution < -0.4 is 4.90 Å². The number of amides is 1. The largest absolute Gasteiger partial charge is 0.356 e. The first-order valence-corrected chi connectivity index (χ1v) is 8.64. The third-order valence-electron chi connectivity index (χ3n) is 4.48. The van der Waals surface area contributed by atoms with Gasteiger partial charge in [-0.05, 0) is 31.5 Å². The van der Waals surface area contributed by atoms with Crippen LogP contribution in [0, 0.1) is 6.92 Å². The topological polar surface area (TPSA) is 49.3 Å². The van der Waals surface area contributed by atoms with Crippen LogP contribution in [0.4, 0.5) is 5.82 Å². The molecule has 2 aliphatic rings. The normalized spacial score (nSPS) is 16.1. The molecule has 1 amide bonds. The van der Waals surface area contributed by atoms with Crippen molar-refractivity contribution in [2.75, 3.05) is 18.0 Å². The number of halogens is 2. The lowest BCUT2D eigenvalue weighted by molar-refractivity contribution is 0.0750. The van der Waals surface area contributed by atoms with E-state index in [2.05, 4.69) is 14.9 Å². The van der Waals surface area contributed by atoms with Gasteiger partial charge in [-0.3, -0.25) is 4.79 Å². The summed E-state index contributed by atoms with van der Waals surface area (Å²) in [5.41, 5.74) is 2.54. The van der Waals surface area contributed by atoms with Crippen molar-refractivity contribution >= 4 is 34.9 Å². The summed E-state index contributed by atoms with van der Waals surface area (Å²) in [6.45, 7) is 4.96. The van der Waals surface area contributed by atoms with E-state index in [-0.39, 0.29) is 5.91 Å². The van der Waals surface area contributed by atoms with E-state index in [4.69, 9.17) is 23.2 Å². The average molecular weight is 363 g/mol. The molecule has 5 nitrogen and oxygen atoms in total. The van der Waals surface area contributed by atoms with Crippen molar-refractivity contribution in [3.05, 3.63) is 50.9 Å². The second-order valence-electron chi connectivity index (χ2n) is 6.15. The Balaban J connectivity index is 1.63. The Morgan fingerprint density at radius 2 is 1.92 bits per heavy atom. The molecule has 0 aliphatic carbocycles. The minimum absolute atomic E-state index is 0.0706. The maximum Gasteiger partial charge on any atom is 0.254 e. The van der Waals surface area contributed by atoms with Crippen LogP contribution in [0.2, 0.25) is 10.0 Å². The molecular formula is C17H16Cl2N4O. The highest BCUT2D eigenvalue weighted by molar-refractivity contribution is 6.42. The van der Waals surface area contributed by atoms with Crippen LogP contribution in [0.1, 0.15) is 33.9 Å². The van der Waals surface area contributed by atoms with Crippen molar-refractivity contribution in [2.45, 2.75) is 26.4 Å². The number of hydrogen-bond acceptors (Lipinski definition) is 4. The fourth-order valence-electron chi connectivity index (χ4n) is 3.10. The van der Waals surface area contributed by atoms with Crippen molar-refractivity contribution in [2.24, 2.45) is 0 Å². The number of aromatic nitrogens is 2. The van der Waals surface area contributed by atoms with Gasteiger partial charge in [0, 0.05) is 24.2 Å². The van der Waals surface area contributed by atoms with Gasteiger partial charge in [-0.2, -0.15) is 0 Å². The molecule has 1 fully saturated rings. The smallest absolute Gasteiger partial charge is 0.254 e. The van der Waals surface area contributed by atoms with Gasteiger partial charge in [0.15, 0.2) is 0 Å². The molecule has 0 N–H and O–H groups in total. The third kappa shape index (κ3) is 2.62. The Morgan fingerprint density at radius 3 is 2.58 bits per heavy atom. The van der Waals surface area contributed by atoms with Gasteiger partial charge in [0.2, 0.25) is 0 Å². The van der Waals surface area contributed by atoms with Crippen LogP contribution in [0.25, 0.3) is 0 Å². The first kappa shape index (κ1) is 15.7. The number of carbonyl (C=O) groups is 1. The molecule has 1 aromatic heterocycles. The molecule has 124 valence electrons. The maximum atomic E-state index is 12.8. The van der Waals surface area contributed by atoms with Crippen molar-refractivity contribution in [1.29, 1.82) is 0 Å². The minimum atomic E-state index is -0.0706. The van der Waals surface area contributed by atoms with E-state index in [0.29, 0.717) is 28.7 Å². The Morgan fingerprint density at radius 1 is 1.12 bits per heavy atom. The Bertz CT molecular complexity index is 836. The predicted octanol–water partition coefficient (Wildman–Crippen LogP) is 3.46. The summed E-state index contributed by atoms with van der Waals surface area (Å²) in [6.07, 6.45) is 1.18. The molecule has 0 bridgehead atoms. The first-order chi connectivity index (χ1) is 11.5. The number of hydrogen-bond donors (Lipinski definition) is 0. The molecule has 1 saturated heterocycles. The summed E-state index contributed by atoms with van der Waals surface area (Å²) in [5, 5.41) is 0.829. The van der Waals surface area contributed by atoms with E-state index in [9.17, 15) is 4.79 Å². The molecule has 0 saturated carbocycles. The molecule has 0 atom stereocenters. The molecule has 24 heavy (non-hydrogen) atoms. The van der Waals surface area contributed by atoms with Crippen LogP contribution in [-0.2, 0) is 13.1 Å². The summed E-state index contributed by atoms with van der Waals surface area (Å²) in [6, 6.07) is 4.96. The summed E-state index contributed by atoms with van der Waals surface area (Å²) in [7, 11) is 0. The van der Waals surface area contributed by atoms with Gasteiger partial charge in [0.25, 0.3) is 5.91 Å². The summed E-state index contributed by atoms with van der Waals surface area (Å²) in [5.74, 6) is 1.66. The molecule has 3 heterocycles. The first-order valence-electron chi connectivity index (χ1n) is 7.88. The fourth-order valence-corrected chi connectivity index (χ4v) is 3.40. The van der Waals surface area contributed by atoms with Crippen molar-refractivity contribution in [1.82, 2.24) is 14.9 Å². The third-order valence-corrected chi connectivity index (χ3v) is 5.22. The molecule has 1 aromatic carbocycles. The number of anilines is 1. The lowest BCUT2D eigenvalue weighted by Gasteiger charge is -2.33. The van der Waals surface area contributed by atoms with Gasteiger partial charge in [-0.15, -0.1) is 0 Å². The Kier molecular flexibility index (Phi) is 3.85. The monoisotopic (exact) mass is 362 g/mol. The molecule has 2 aromatic rings. The van der Waals surface area contributed by atoms with Gasteiger partial charge < -0.3 is 9.80 Å². The SMILES string of the molecule is Cc1nc2c(c(N3CCC3)n1)CN(C(=O)c1ccc(Cl)c(Cl)c1)C2. The minimum Gasteiger partial charge on any atom is -0.356 e. The summed E-state index contributed by atoms with van der Waals surface area (Å²) in [4.78, 5) is 26.0. The van der Waals surface area contributed by atoms with E-state index in [1.54, 1.807) is 23.1 Å². The zero-order valence-electron chi connectivity index (χ0n) is 13.2. The number of fused-ring (bicyclic) bond motifs is 1. The zero-order valence-corrected chi connectivity index (χ0v) is 14.7. The molecule has 0 spiro atoms. The second kappa shape index (κ2) is 5.90. The molecule has 4 rings (SSSR count). The fraction of sp³-hybridized carbons (Fsp3) is 0.353. The van der Waals surface area contributed by atoms with E-state index in [1.807, 2.05) is 6.92 Å². The standard InChI is InChI=1S/C17H16Cl2N4O/c1-10-20-15-9-23(8-12(15)16(21-10)22-5-2-6-22)17(24)11-3-4-13(18)14(19)7-11/h3-4,7H,2,5-6,8-9H2,1H3. The van der Waals surface area contributed by atoms with Gasteiger partial charge in [0.05, 0.1) is 28.8 Å². The Hall–Kier alpha value is -1.85. The zero-order chi connectivity index (χ0) is 16.8. The number of aryl methyl sites for hydroxylation is 1. The lowest BCUT2D eigenvalue weighted by Crippen LogP contribution is -2.38. The van der Waals surface area contributed by atoms with Crippen LogP contribution >= 0.6 is 23.2 Å². The second-order valence-corrected chi connectivity index (χ2v) is 6.96. The number of rotatable bonds is 2. The van der Waals surface area contributed by atoms with E-state index in [1.165, 1.54) is 6.42 Å². The molecule has 2 aliphatic heterocycles. The molecule has 0 unspecified atom stereocenters.